The van der Waals surface area contributed by atoms with Crippen molar-refractivity contribution in [3.63, 3.8) is 0 Å². The van der Waals surface area contributed by atoms with Crippen molar-refractivity contribution in [1.82, 2.24) is 0 Å². The minimum Gasteiger partial charge on any atom is -0.383 e. The number of benzene rings is 1. The van der Waals surface area contributed by atoms with Crippen molar-refractivity contribution in [1.29, 1.82) is 0 Å². The van der Waals surface area contributed by atoms with Gasteiger partial charge in [-0.05, 0) is 28.5 Å². The summed E-state index contributed by atoms with van der Waals surface area (Å²) in [7, 11) is 0. The van der Waals surface area contributed by atoms with Gasteiger partial charge >= 0.3 is 0 Å². The lowest BCUT2D eigenvalue weighted by Crippen LogP contribution is -2.03. The van der Waals surface area contributed by atoms with Crippen LogP contribution in [0.3, 0.4) is 0 Å². The fourth-order valence-electron chi connectivity index (χ4n) is 1.89. The minimum atomic E-state index is -0.487. The SMILES string of the molecule is CC(C)c1ccccc1C(O)c1cccs1. The van der Waals surface area contributed by atoms with Crippen molar-refractivity contribution in [3.8, 4) is 0 Å². The first kappa shape index (κ1) is 11.4. The van der Waals surface area contributed by atoms with Gasteiger partial charge in [0, 0.05) is 4.88 Å². The predicted molar refractivity (Wildman–Crippen MR) is 68.9 cm³/mol. The number of aliphatic hydroxyl groups excluding tert-OH is 1. The van der Waals surface area contributed by atoms with Gasteiger partial charge in [0.1, 0.15) is 6.10 Å². The molecule has 0 bridgehead atoms. The van der Waals surface area contributed by atoms with Crippen molar-refractivity contribution >= 4 is 11.3 Å². The van der Waals surface area contributed by atoms with Gasteiger partial charge in [0.2, 0.25) is 0 Å². The molecule has 0 aliphatic heterocycles. The van der Waals surface area contributed by atoms with E-state index >= 15 is 0 Å². The van der Waals surface area contributed by atoms with Crippen molar-refractivity contribution in [2.75, 3.05) is 0 Å². The van der Waals surface area contributed by atoms with E-state index in [4.69, 9.17) is 0 Å². The Hall–Kier alpha value is -1.12. The van der Waals surface area contributed by atoms with E-state index in [-0.39, 0.29) is 0 Å². The zero-order valence-corrected chi connectivity index (χ0v) is 10.4. The highest BCUT2D eigenvalue weighted by atomic mass is 32.1. The van der Waals surface area contributed by atoms with E-state index in [0.29, 0.717) is 5.92 Å². The molecule has 16 heavy (non-hydrogen) atoms. The van der Waals surface area contributed by atoms with Crippen LogP contribution in [-0.2, 0) is 0 Å². The Morgan fingerprint density at radius 2 is 1.69 bits per heavy atom. The van der Waals surface area contributed by atoms with Crippen LogP contribution in [0.5, 0.6) is 0 Å². The molecular formula is C14H16OS. The van der Waals surface area contributed by atoms with E-state index in [2.05, 4.69) is 19.9 Å². The van der Waals surface area contributed by atoms with E-state index in [9.17, 15) is 5.11 Å². The molecule has 0 amide bonds. The zero-order valence-electron chi connectivity index (χ0n) is 9.55. The van der Waals surface area contributed by atoms with Crippen molar-refractivity contribution in [3.05, 3.63) is 57.8 Å². The summed E-state index contributed by atoms with van der Waals surface area (Å²) in [6.45, 7) is 4.31. The third-order valence-electron chi connectivity index (χ3n) is 2.73. The zero-order chi connectivity index (χ0) is 11.5. The molecule has 1 atom stereocenters. The summed E-state index contributed by atoms with van der Waals surface area (Å²) in [5.74, 6) is 0.436. The summed E-state index contributed by atoms with van der Waals surface area (Å²) in [4.78, 5) is 1.01. The van der Waals surface area contributed by atoms with Gasteiger partial charge in [-0.3, -0.25) is 0 Å². The molecule has 2 heteroatoms. The van der Waals surface area contributed by atoms with Gasteiger partial charge in [-0.25, -0.2) is 0 Å². The highest BCUT2D eigenvalue weighted by Crippen LogP contribution is 2.31. The van der Waals surface area contributed by atoms with Gasteiger partial charge in [-0.1, -0.05) is 44.2 Å². The summed E-state index contributed by atoms with van der Waals surface area (Å²) >= 11 is 1.60. The maximum absolute atomic E-state index is 10.3. The van der Waals surface area contributed by atoms with Crippen LogP contribution in [0.2, 0.25) is 0 Å². The molecule has 0 saturated heterocycles. The van der Waals surface area contributed by atoms with Crippen LogP contribution >= 0.6 is 11.3 Å². The second kappa shape index (κ2) is 4.81. The van der Waals surface area contributed by atoms with Gasteiger partial charge in [-0.15, -0.1) is 11.3 Å². The standard InChI is InChI=1S/C14H16OS/c1-10(2)11-6-3-4-7-12(11)14(15)13-8-5-9-16-13/h3-10,14-15H,1-2H3. The number of aliphatic hydroxyl groups is 1. The fraction of sp³-hybridized carbons (Fsp3) is 0.286. The van der Waals surface area contributed by atoms with E-state index in [1.807, 2.05) is 35.7 Å². The Morgan fingerprint density at radius 3 is 2.25 bits per heavy atom. The third-order valence-corrected chi connectivity index (χ3v) is 3.65. The monoisotopic (exact) mass is 232 g/mol. The molecule has 1 aromatic carbocycles. The van der Waals surface area contributed by atoms with Crippen molar-refractivity contribution in [2.45, 2.75) is 25.9 Å². The Morgan fingerprint density at radius 1 is 1.00 bits per heavy atom. The Balaban J connectivity index is 2.40. The molecule has 1 aromatic heterocycles. The van der Waals surface area contributed by atoms with Crippen LogP contribution in [0, 0.1) is 0 Å². The molecule has 1 nitrogen and oxygen atoms in total. The number of thiophene rings is 1. The van der Waals surface area contributed by atoms with E-state index in [0.717, 1.165) is 10.4 Å². The van der Waals surface area contributed by atoms with Gasteiger partial charge in [0.05, 0.1) is 0 Å². The van der Waals surface area contributed by atoms with Crippen molar-refractivity contribution in [2.24, 2.45) is 0 Å². The molecule has 2 rings (SSSR count). The summed E-state index contributed by atoms with van der Waals surface area (Å²) < 4.78 is 0. The number of hydrogen-bond acceptors (Lipinski definition) is 2. The largest absolute Gasteiger partial charge is 0.383 e. The molecule has 0 saturated carbocycles. The van der Waals surface area contributed by atoms with Crippen LogP contribution in [0.4, 0.5) is 0 Å². The molecule has 0 spiro atoms. The first-order valence-corrected chi connectivity index (χ1v) is 6.38. The quantitative estimate of drug-likeness (QED) is 0.849. The Labute approximate surface area is 100 Å². The Kier molecular flexibility index (Phi) is 3.42. The van der Waals surface area contributed by atoms with Crippen LogP contribution in [-0.4, -0.2) is 5.11 Å². The van der Waals surface area contributed by atoms with Gasteiger partial charge < -0.3 is 5.11 Å². The molecule has 1 heterocycles. The van der Waals surface area contributed by atoms with Crippen molar-refractivity contribution < 1.29 is 5.11 Å². The van der Waals surface area contributed by atoms with Crippen LogP contribution in [0.15, 0.2) is 41.8 Å². The minimum absolute atomic E-state index is 0.436. The maximum atomic E-state index is 10.3. The van der Waals surface area contributed by atoms with E-state index < -0.39 is 6.10 Å². The van der Waals surface area contributed by atoms with Gasteiger partial charge in [-0.2, -0.15) is 0 Å². The lowest BCUT2D eigenvalue weighted by molar-refractivity contribution is 0.222. The van der Waals surface area contributed by atoms with Crippen LogP contribution < -0.4 is 0 Å². The number of hydrogen-bond donors (Lipinski definition) is 1. The predicted octanol–water partition coefficient (Wildman–Crippen LogP) is 3.95. The van der Waals surface area contributed by atoms with E-state index in [1.165, 1.54) is 5.56 Å². The third kappa shape index (κ3) is 2.18. The topological polar surface area (TPSA) is 20.2 Å². The summed E-state index contributed by atoms with van der Waals surface area (Å²) in [6.07, 6.45) is -0.487. The lowest BCUT2D eigenvalue weighted by atomic mass is 9.93. The normalized spacial score (nSPS) is 13.0. The maximum Gasteiger partial charge on any atom is 0.113 e. The second-order valence-electron chi connectivity index (χ2n) is 4.20. The summed E-state index contributed by atoms with van der Waals surface area (Å²) in [5.41, 5.74) is 2.25. The average Bonchev–Trinajstić information content (AvgIpc) is 2.81. The molecule has 0 aliphatic rings. The molecule has 0 radical (unpaired) electrons. The van der Waals surface area contributed by atoms with Gasteiger partial charge in [0.25, 0.3) is 0 Å². The van der Waals surface area contributed by atoms with Gasteiger partial charge in [0.15, 0.2) is 0 Å². The summed E-state index contributed by atoms with van der Waals surface area (Å²) in [5, 5.41) is 12.3. The molecule has 0 fully saturated rings. The van der Waals surface area contributed by atoms with Crippen LogP contribution in [0.25, 0.3) is 0 Å². The average molecular weight is 232 g/mol. The molecule has 1 unspecified atom stereocenters. The molecular weight excluding hydrogens is 216 g/mol. The Bertz CT molecular complexity index is 446. The lowest BCUT2D eigenvalue weighted by Gasteiger charge is -2.16. The van der Waals surface area contributed by atoms with Crippen LogP contribution in [0.1, 0.15) is 41.9 Å². The molecule has 84 valence electrons. The molecule has 2 aromatic rings. The highest BCUT2D eigenvalue weighted by molar-refractivity contribution is 7.10. The van der Waals surface area contributed by atoms with E-state index in [1.54, 1.807) is 11.3 Å². The number of rotatable bonds is 3. The first-order chi connectivity index (χ1) is 7.70. The summed E-state index contributed by atoms with van der Waals surface area (Å²) in [6, 6.07) is 12.1. The fourth-order valence-corrected chi connectivity index (χ4v) is 2.61. The molecule has 1 N–H and O–H groups in total. The smallest absolute Gasteiger partial charge is 0.113 e. The molecule has 0 aliphatic carbocycles. The highest BCUT2D eigenvalue weighted by Gasteiger charge is 2.16. The first-order valence-electron chi connectivity index (χ1n) is 5.50. The second-order valence-corrected chi connectivity index (χ2v) is 5.18.